The van der Waals surface area contributed by atoms with E-state index in [1.807, 2.05) is 10.6 Å². The average molecular weight is 218 g/mol. The molecule has 1 fully saturated rings. The summed E-state index contributed by atoms with van der Waals surface area (Å²) >= 11 is 0. The van der Waals surface area contributed by atoms with Crippen LogP contribution in [-0.2, 0) is 6.54 Å². The molecule has 0 spiro atoms. The van der Waals surface area contributed by atoms with Gasteiger partial charge in [-0.05, 0) is 24.9 Å². The van der Waals surface area contributed by atoms with Crippen LogP contribution in [0, 0.1) is 5.92 Å². The first-order valence-corrected chi connectivity index (χ1v) is 6.20. The molecule has 0 N–H and O–H groups in total. The highest BCUT2D eigenvalue weighted by atomic mass is 16.1. The fraction of sp³-hybridized carbons (Fsp3) is 0.615. The van der Waals surface area contributed by atoms with Crippen molar-refractivity contribution < 1.29 is 0 Å². The highest BCUT2D eigenvalue weighted by Gasteiger charge is 2.33. The van der Waals surface area contributed by atoms with Crippen LogP contribution >= 0.6 is 0 Å². The number of fused-ring (bicyclic) bond motifs is 4. The maximum Gasteiger partial charge on any atom is 0.250 e. The van der Waals surface area contributed by atoms with Gasteiger partial charge in [-0.25, -0.2) is 0 Å². The number of hydrogen-bond acceptors (Lipinski definition) is 2. The molecule has 0 unspecified atom stereocenters. The average Bonchev–Trinajstić information content (AvgIpc) is 2.30. The molecule has 1 saturated heterocycles. The maximum absolute atomic E-state index is 11.8. The van der Waals surface area contributed by atoms with Gasteiger partial charge in [0, 0.05) is 37.3 Å². The first-order chi connectivity index (χ1) is 7.78. The van der Waals surface area contributed by atoms with Gasteiger partial charge in [0.15, 0.2) is 0 Å². The fourth-order valence-corrected chi connectivity index (χ4v) is 3.25. The molecule has 1 aromatic heterocycles. The molecule has 1 aromatic rings. The van der Waals surface area contributed by atoms with E-state index in [-0.39, 0.29) is 5.56 Å². The Morgan fingerprint density at radius 2 is 2.19 bits per heavy atom. The largest absolute Gasteiger partial charge is 0.312 e. The summed E-state index contributed by atoms with van der Waals surface area (Å²) in [4.78, 5) is 14.3. The lowest BCUT2D eigenvalue weighted by Crippen LogP contribution is -2.46. The minimum absolute atomic E-state index is 0.178. The molecule has 3 heterocycles. The molecule has 3 nitrogen and oxygen atoms in total. The Kier molecular flexibility index (Phi) is 2.36. The zero-order valence-electron chi connectivity index (χ0n) is 9.72. The Morgan fingerprint density at radius 1 is 1.31 bits per heavy atom. The zero-order chi connectivity index (χ0) is 11.1. The maximum atomic E-state index is 11.8. The van der Waals surface area contributed by atoms with Crippen molar-refractivity contribution >= 4 is 0 Å². The van der Waals surface area contributed by atoms with E-state index in [0.717, 1.165) is 26.2 Å². The Hall–Kier alpha value is -1.09. The van der Waals surface area contributed by atoms with Crippen LogP contribution in [0.5, 0.6) is 0 Å². The van der Waals surface area contributed by atoms with E-state index in [1.165, 1.54) is 12.1 Å². The molecule has 86 valence electrons. The number of likely N-dealkylation sites (tertiary alicyclic amines) is 1. The molecule has 16 heavy (non-hydrogen) atoms. The van der Waals surface area contributed by atoms with E-state index in [1.54, 1.807) is 6.07 Å². The summed E-state index contributed by atoms with van der Waals surface area (Å²) in [6.07, 6.45) is 1.26. The van der Waals surface area contributed by atoms with Crippen LogP contribution in [0.25, 0.3) is 0 Å². The molecule has 0 aliphatic carbocycles. The fourth-order valence-electron chi connectivity index (χ4n) is 3.25. The van der Waals surface area contributed by atoms with E-state index >= 15 is 0 Å². The lowest BCUT2D eigenvalue weighted by molar-refractivity contribution is 0.125. The Bertz CT molecular complexity index is 451. The number of rotatable bonds is 1. The second kappa shape index (κ2) is 3.74. The van der Waals surface area contributed by atoms with Gasteiger partial charge in [-0.2, -0.15) is 0 Å². The number of nitrogens with zero attached hydrogens (tertiary/aromatic N) is 2. The van der Waals surface area contributed by atoms with Gasteiger partial charge in [0.2, 0.25) is 0 Å². The molecular weight excluding hydrogens is 200 g/mol. The minimum Gasteiger partial charge on any atom is -0.312 e. The molecule has 2 aliphatic heterocycles. The van der Waals surface area contributed by atoms with Crippen LogP contribution in [0.2, 0.25) is 0 Å². The van der Waals surface area contributed by atoms with Crippen molar-refractivity contribution in [2.24, 2.45) is 5.92 Å². The van der Waals surface area contributed by atoms with Crippen LogP contribution in [0.3, 0.4) is 0 Å². The summed E-state index contributed by atoms with van der Waals surface area (Å²) in [5.74, 6) is 1.24. The topological polar surface area (TPSA) is 25.2 Å². The molecule has 3 rings (SSSR count). The van der Waals surface area contributed by atoms with Gasteiger partial charge in [-0.15, -0.1) is 0 Å². The van der Waals surface area contributed by atoms with Gasteiger partial charge < -0.3 is 9.47 Å². The predicted octanol–water partition coefficient (Wildman–Crippen LogP) is 1.29. The quantitative estimate of drug-likeness (QED) is 0.709. The summed E-state index contributed by atoms with van der Waals surface area (Å²) in [6, 6.07) is 5.71. The van der Waals surface area contributed by atoms with E-state index in [0.29, 0.717) is 11.8 Å². The zero-order valence-corrected chi connectivity index (χ0v) is 9.72. The van der Waals surface area contributed by atoms with Crippen molar-refractivity contribution in [1.29, 1.82) is 0 Å². The van der Waals surface area contributed by atoms with Gasteiger partial charge >= 0.3 is 0 Å². The third-order valence-electron chi connectivity index (χ3n) is 4.00. The molecular formula is C13H18N2O. The lowest BCUT2D eigenvalue weighted by atomic mass is 9.83. The third kappa shape index (κ3) is 1.50. The number of aromatic nitrogens is 1. The Balaban J connectivity index is 2.02. The lowest BCUT2D eigenvalue weighted by Gasteiger charge is -2.42. The van der Waals surface area contributed by atoms with Crippen LogP contribution in [0.1, 0.15) is 25.0 Å². The van der Waals surface area contributed by atoms with Crippen LogP contribution < -0.4 is 5.56 Å². The standard InChI is InChI=1S/C13H18N2O/c1-2-14-7-10-6-11(9-14)12-4-3-5-13(16)15(12)8-10/h3-5,10-11H,2,6-9H2,1H3/t10-,11+/m1/s1. The second-order valence-corrected chi connectivity index (χ2v) is 5.05. The number of likely N-dealkylation sites (N-methyl/N-ethyl adjacent to an activating group) is 1. The molecule has 0 amide bonds. The van der Waals surface area contributed by atoms with Crippen molar-refractivity contribution in [3.8, 4) is 0 Å². The van der Waals surface area contributed by atoms with Gasteiger partial charge in [-0.1, -0.05) is 13.0 Å². The van der Waals surface area contributed by atoms with E-state index in [4.69, 9.17) is 0 Å². The highest BCUT2D eigenvalue weighted by Crippen LogP contribution is 2.34. The molecule has 2 aliphatic rings. The molecule has 0 radical (unpaired) electrons. The summed E-state index contributed by atoms with van der Waals surface area (Å²) in [5, 5.41) is 0. The van der Waals surface area contributed by atoms with Crippen LogP contribution in [-0.4, -0.2) is 29.1 Å². The molecule has 2 bridgehead atoms. The highest BCUT2D eigenvalue weighted by molar-refractivity contribution is 5.16. The van der Waals surface area contributed by atoms with E-state index < -0.39 is 0 Å². The first kappa shape index (κ1) is 10.1. The molecule has 0 saturated carbocycles. The van der Waals surface area contributed by atoms with Crippen molar-refractivity contribution in [3.05, 3.63) is 34.2 Å². The van der Waals surface area contributed by atoms with Gasteiger partial charge in [0.1, 0.15) is 0 Å². The van der Waals surface area contributed by atoms with E-state index in [2.05, 4.69) is 17.9 Å². The van der Waals surface area contributed by atoms with Crippen molar-refractivity contribution in [2.45, 2.75) is 25.8 Å². The molecule has 3 heteroatoms. The van der Waals surface area contributed by atoms with Gasteiger partial charge in [0.05, 0.1) is 0 Å². The number of pyridine rings is 1. The monoisotopic (exact) mass is 218 g/mol. The van der Waals surface area contributed by atoms with Gasteiger partial charge in [-0.3, -0.25) is 4.79 Å². The second-order valence-electron chi connectivity index (χ2n) is 5.05. The number of hydrogen-bond donors (Lipinski definition) is 0. The normalized spacial score (nSPS) is 28.8. The van der Waals surface area contributed by atoms with E-state index in [9.17, 15) is 4.79 Å². The van der Waals surface area contributed by atoms with Gasteiger partial charge in [0.25, 0.3) is 5.56 Å². The van der Waals surface area contributed by atoms with Crippen molar-refractivity contribution in [1.82, 2.24) is 9.47 Å². The smallest absolute Gasteiger partial charge is 0.250 e. The summed E-state index contributed by atoms with van der Waals surface area (Å²) in [5.41, 5.74) is 1.43. The third-order valence-corrected chi connectivity index (χ3v) is 4.00. The Labute approximate surface area is 95.7 Å². The summed E-state index contributed by atoms with van der Waals surface area (Å²) in [7, 11) is 0. The molecule has 2 atom stereocenters. The SMILES string of the molecule is CCN1C[C@H]2C[C@@H](C1)c1cccc(=O)n1C2. The van der Waals surface area contributed by atoms with Crippen LogP contribution in [0.4, 0.5) is 0 Å². The molecule has 0 aromatic carbocycles. The van der Waals surface area contributed by atoms with Crippen molar-refractivity contribution in [3.63, 3.8) is 0 Å². The summed E-state index contributed by atoms with van der Waals surface area (Å²) in [6.45, 7) is 6.55. The summed E-state index contributed by atoms with van der Waals surface area (Å²) < 4.78 is 1.99. The number of piperidine rings is 1. The Morgan fingerprint density at radius 3 is 3.00 bits per heavy atom. The first-order valence-electron chi connectivity index (χ1n) is 6.20. The predicted molar refractivity (Wildman–Crippen MR) is 63.7 cm³/mol. The van der Waals surface area contributed by atoms with Crippen molar-refractivity contribution in [2.75, 3.05) is 19.6 Å². The minimum atomic E-state index is 0.178. The van der Waals surface area contributed by atoms with Crippen LogP contribution in [0.15, 0.2) is 23.0 Å².